The zero-order valence-corrected chi connectivity index (χ0v) is 19.5. The lowest BCUT2D eigenvalue weighted by Gasteiger charge is -2.16. The van der Waals surface area contributed by atoms with E-state index in [9.17, 15) is 16.8 Å². The summed E-state index contributed by atoms with van der Waals surface area (Å²) >= 11 is 19.1. The molecule has 0 bridgehead atoms. The number of halogens is 3. The lowest BCUT2D eigenvalue weighted by Crippen LogP contribution is -2.18. The van der Waals surface area contributed by atoms with E-state index in [0.29, 0.717) is 12.2 Å². The van der Waals surface area contributed by atoms with Crippen LogP contribution in [0.25, 0.3) is 0 Å². The molecule has 0 radical (unpaired) electrons. The molecule has 7 nitrogen and oxygen atoms in total. The first-order chi connectivity index (χ1) is 14.0. The van der Waals surface area contributed by atoms with Crippen molar-refractivity contribution in [3.05, 3.63) is 61.3 Å². The molecule has 0 spiro atoms. The number of anilines is 2. The van der Waals surface area contributed by atoms with Crippen molar-refractivity contribution < 1.29 is 16.8 Å². The molecular formula is C17H12Cl3N3O4S3. The molecule has 13 heteroatoms. The van der Waals surface area contributed by atoms with Crippen LogP contribution in [-0.2, 0) is 20.0 Å². The van der Waals surface area contributed by atoms with E-state index in [-0.39, 0.29) is 41.1 Å². The number of nitriles is 1. The maximum Gasteiger partial charge on any atom is 0.267 e. The Morgan fingerprint density at radius 2 is 1.50 bits per heavy atom. The summed E-state index contributed by atoms with van der Waals surface area (Å²) in [6.07, 6.45) is 2.19. The highest BCUT2D eigenvalue weighted by Gasteiger charge is 2.25. The van der Waals surface area contributed by atoms with Gasteiger partial charge < -0.3 is 0 Å². The largest absolute Gasteiger partial charge is 0.277 e. The molecule has 0 unspecified atom stereocenters. The number of hydrogen-bond acceptors (Lipinski definition) is 6. The van der Waals surface area contributed by atoms with Gasteiger partial charge in [-0.2, -0.15) is 5.26 Å². The first-order valence-corrected chi connectivity index (χ1v) is 13.2. The highest BCUT2D eigenvalue weighted by Crippen LogP contribution is 2.37. The van der Waals surface area contributed by atoms with Crippen molar-refractivity contribution >= 4 is 78.0 Å². The van der Waals surface area contributed by atoms with Crippen LogP contribution < -0.4 is 9.44 Å². The van der Waals surface area contributed by atoms with Crippen LogP contribution in [0.4, 0.5) is 11.4 Å². The standard InChI is InChI=1S/C17H12Cl3N3O4S3/c18-12-6-11(4-3-10(12)9-21)29(24,25)22-15-7-13(19)14(20)8-16(15)23-30(26,27)17-2-1-5-28-17/h2-4,6-8,22-23H,1,5H2. The first-order valence-electron chi connectivity index (χ1n) is 8.11. The average Bonchev–Trinajstić information content (AvgIpc) is 3.21. The molecule has 0 amide bonds. The SMILES string of the molecule is N#Cc1ccc(S(=O)(=O)Nc2cc(Cl)c(Cl)cc2NS(=O)(=O)C2=CCCS2)cc1Cl. The van der Waals surface area contributed by atoms with Gasteiger partial charge in [0.1, 0.15) is 10.3 Å². The van der Waals surface area contributed by atoms with Crippen LogP contribution in [0.15, 0.2) is 45.5 Å². The van der Waals surface area contributed by atoms with Crippen molar-refractivity contribution in [2.45, 2.75) is 11.3 Å². The fourth-order valence-corrected chi connectivity index (χ4v) is 6.73. The molecule has 0 aromatic heterocycles. The number of nitrogens with one attached hydrogen (secondary N) is 2. The molecular weight excluding hydrogens is 513 g/mol. The number of nitrogens with zero attached hydrogens (tertiary/aromatic N) is 1. The number of allylic oxidation sites excluding steroid dienone is 1. The van der Waals surface area contributed by atoms with Crippen molar-refractivity contribution in [3.63, 3.8) is 0 Å². The number of hydrogen-bond donors (Lipinski definition) is 2. The van der Waals surface area contributed by atoms with Crippen LogP contribution in [0, 0.1) is 11.3 Å². The maximum absolute atomic E-state index is 12.8. The van der Waals surface area contributed by atoms with Gasteiger partial charge in [0.2, 0.25) is 0 Å². The van der Waals surface area contributed by atoms with Gasteiger partial charge in [0.25, 0.3) is 20.0 Å². The highest BCUT2D eigenvalue weighted by molar-refractivity contribution is 8.19. The molecule has 158 valence electrons. The third-order valence-electron chi connectivity index (χ3n) is 3.86. The minimum atomic E-state index is -4.19. The third-order valence-corrected chi connectivity index (χ3v) is 9.34. The summed E-state index contributed by atoms with van der Waals surface area (Å²) in [6.45, 7) is 0. The minimum absolute atomic E-state index is 0.0182. The van der Waals surface area contributed by atoms with Crippen LogP contribution in [0.1, 0.15) is 12.0 Å². The van der Waals surface area contributed by atoms with Crippen LogP contribution in [-0.4, -0.2) is 22.6 Å². The van der Waals surface area contributed by atoms with Gasteiger partial charge in [0.05, 0.1) is 36.9 Å². The van der Waals surface area contributed by atoms with Crippen LogP contribution in [0.3, 0.4) is 0 Å². The van der Waals surface area contributed by atoms with E-state index >= 15 is 0 Å². The molecule has 0 aliphatic carbocycles. The summed E-state index contributed by atoms with van der Waals surface area (Å²) in [6, 6.07) is 7.82. The smallest absolute Gasteiger partial charge is 0.267 e. The summed E-state index contributed by atoms with van der Waals surface area (Å²) in [5, 5.41) is 8.95. The summed E-state index contributed by atoms with van der Waals surface area (Å²) in [5.74, 6) is 0.635. The van der Waals surface area contributed by atoms with Crippen molar-refractivity contribution in [3.8, 4) is 6.07 Å². The van der Waals surface area contributed by atoms with Gasteiger partial charge in [-0.15, -0.1) is 11.8 Å². The zero-order valence-electron chi connectivity index (χ0n) is 14.8. The number of rotatable bonds is 6. The summed E-state index contributed by atoms with van der Waals surface area (Å²) in [7, 11) is -8.11. The molecule has 0 saturated heterocycles. The number of thioether (sulfide) groups is 1. The first kappa shape index (κ1) is 23.1. The van der Waals surface area contributed by atoms with Crippen LogP contribution >= 0.6 is 46.6 Å². The maximum atomic E-state index is 12.8. The summed E-state index contributed by atoms with van der Waals surface area (Å²) in [4.78, 5) is -0.222. The van der Waals surface area contributed by atoms with Gasteiger partial charge in [-0.25, -0.2) is 16.8 Å². The highest BCUT2D eigenvalue weighted by atomic mass is 35.5. The normalized spacial score (nSPS) is 14.1. The average molecular weight is 525 g/mol. The molecule has 2 aromatic rings. The molecule has 3 rings (SSSR count). The quantitative estimate of drug-likeness (QED) is 0.547. The predicted octanol–water partition coefficient (Wildman–Crippen LogP) is 5.04. The Labute approximate surface area is 193 Å². The van der Waals surface area contributed by atoms with E-state index < -0.39 is 20.0 Å². The van der Waals surface area contributed by atoms with Crippen LogP contribution in [0.2, 0.25) is 15.1 Å². The van der Waals surface area contributed by atoms with E-state index in [0.717, 1.165) is 6.07 Å². The Hall–Kier alpha value is -1.61. The van der Waals surface area contributed by atoms with Crippen molar-refractivity contribution in [2.75, 3.05) is 15.2 Å². The van der Waals surface area contributed by atoms with Gasteiger partial charge in [-0.3, -0.25) is 9.44 Å². The fourth-order valence-electron chi connectivity index (χ4n) is 2.45. The molecule has 1 aliphatic heterocycles. The van der Waals surface area contributed by atoms with E-state index in [1.807, 2.05) is 6.07 Å². The van der Waals surface area contributed by atoms with E-state index in [1.165, 1.54) is 36.0 Å². The van der Waals surface area contributed by atoms with Gasteiger partial charge in [-0.05, 0) is 36.8 Å². The second-order valence-corrected chi connectivity index (χ2v) is 11.9. The molecule has 30 heavy (non-hydrogen) atoms. The summed E-state index contributed by atoms with van der Waals surface area (Å²) in [5.41, 5.74) is -0.112. The van der Waals surface area contributed by atoms with Gasteiger partial charge in [0.15, 0.2) is 0 Å². The third kappa shape index (κ3) is 4.99. The Morgan fingerprint density at radius 1 is 0.900 bits per heavy atom. The van der Waals surface area contributed by atoms with Gasteiger partial charge in [-0.1, -0.05) is 40.9 Å². The van der Waals surface area contributed by atoms with Crippen LogP contribution in [0.5, 0.6) is 0 Å². The molecule has 0 saturated carbocycles. The molecule has 1 aliphatic rings. The fraction of sp³-hybridized carbons (Fsp3) is 0.118. The van der Waals surface area contributed by atoms with Crippen molar-refractivity contribution in [1.82, 2.24) is 0 Å². The topological polar surface area (TPSA) is 116 Å². The minimum Gasteiger partial charge on any atom is -0.277 e. The number of benzene rings is 2. The lowest BCUT2D eigenvalue weighted by atomic mass is 10.2. The second kappa shape index (κ2) is 8.86. The van der Waals surface area contributed by atoms with Crippen molar-refractivity contribution in [2.24, 2.45) is 0 Å². The lowest BCUT2D eigenvalue weighted by molar-refractivity contribution is 0.600. The molecule has 0 atom stereocenters. The second-order valence-electron chi connectivity index (χ2n) is 5.94. The zero-order chi connectivity index (χ0) is 22.1. The van der Waals surface area contributed by atoms with Gasteiger partial charge in [0, 0.05) is 5.75 Å². The molecule has 1 heterocycles. The Kier molecular flexibility index (Phi) is 6.81. The van der Waals surface area contributed by atoms with E-state index in [1.54, 1.807) is 6.08 Å². The molecule has 2 aromatic carbocycles. The Balaban J connectivity index is 2.00. The van der Waals surface area contributed by atoms with Gasteiger partial charge >= 0.3 is 0 Å². The summed E-state index contributed by atoms with van der Waals surface area (Å²) < 4.78 is 55.6. The van der Waals surface area contributed by atoms with Crippen molar-refractivity contribution in [1.29, 1.82) is 5.26 Å². The monoisotopic (exact) mass is 523 g/mol. The Bertz CT molecular complexity index is 1300. The Morgan fingerprint density at radius 3 is 2.00 bits per heavy atom. The van der Waals surface area contributed by atoms with E-state index in [2.05, 4.69) is 9.44 Å². The predicted molar refractivity (Wildman–Crippen MR) is 121 cm³/mol. The molecule has 0 fully saturated rings. The molecule has 2 N–H and O–H groups in total. The number of sulfonamides is 2. The van der Waals surface area contributed by atoms with E-state index in [4.69, 9.17) is 40.1 Å².